The number of likely N-dealkylation sites (N-methyl/N-ethyl adjacent to an activating group) is 1. The van der Waals surface area contributed by atoms with Crippen molar-refractivity contribution in [3.05, 3.63) is 70.0 Å². The van der Waals surface area contributed by atoms with Crippen molar-refractivity contribution >= 4 is 5.97 Å². The maximum Gasteiger partial charge on any atom is 0.341 e. The lowest BCUT2D eigenvalue weighted by Gasteiger charge is -2.32. The third kappa shape index (κ3) is 3.05. The highest BCUT2D eigenvalue weighted by molar-refractivity contribution is 5.95. The Hall–Kier alpha value is -2.24. The van der Waals surface area contributed by atoms with Gasteiger partial charge in [0.05, 0.1) is 11.1 Å². The molecule has 2 aromatic rings. The maximum absolute atomic E-state index is 14.7. The number of esters is 1. The molecule has 1 N–H and O–H groups in total. The Morgan fingerprint density at radius 2 is 1.92 bits per heavy atom. The average molecular weight is 342 g/mol. The Balaban J connectivity index is 2.15. The quantitative estimate of drug-likeness (QED) is 0.849. The average Bonchev–Trinajstić information content (AvgIpc) is 2.84. The topological polar surface area (TPSA) is 41.6 Å². The van der Waals surface area contributed by atoms with Crippen molar-refractivity contribution in [3.63, 3.8) is 0 Å². The van der Waals surface area contributed by atoms with Gasteiger partial charge >= 0.3 is 5.97 Å². The number of rotatable bonds is 5. The van der Waals surface area contributed by atoms with Gasteiger partial charge < -0.3 is 9.64 Å². The zero-order valence-corrected chi connectivity index (χ0v) is 15.0. The van der Waals surface area contributed by atoms with E-state index in [1.165, 1.54) is 12.1 Å². The van der Waals surface area contributed by atoms with Gasteiger partial charge in [-0.25, -0.2) is 9.18 Å². The largest absolute Gasteiger partial charge is 0.431 e. The van der Waals surface area contributed by atoms with E-state index in [0.717, 1.165) is 23.2 Å². The highest BCUT2D eigenvalue weighted by Crippen LogP contribution is 2.41. The van der Waals surface area contributed by atoms with Crippen LogP contribution >= 0.6 is 0 Å². The van der Waals surface area contributed by atoms with Crippen LogP contribution in [0.2, 0.25) is 0 Å². The number of nitrogens with one attached hydrogen (secondary N) is 1. The summed E-state index contributed by atoms with van der Waals surface area (Å²) < 4.78 is 20.5. The standard InChI is InChI=1S/C20H23FN2O2/c1-13-8-9-15(12-14(13)2)20(22-10-11-23(3)4)18-16(19(24)25-20)6-5-7-17(18)21/h5-9,12,22H,10-11H2,1-4H3/t20-/m1/s1. The van der Waals surface area contributed by atoms with E-state index in [9.17, 15) is 9.18 Å². The van der Waals surface area contributed by atoms with Crippen molar-refractivity contribution in [3.8, 4) is 0 Å². The number of nitrogens with zero attached hydrogens (tertiary/aromatic N) is 1. The number of benzene rings is 2. The molecule has 1 aliphatic rings. The zero-order chi connectivity index (χ0) is 18.2. The number of carbonyl (C=O) groups is 1. The molecule has 0 unspecified atom stereocenters. The number of aryl methyl sites for hydroxylation is 2. The molecule has 0 radical (unpaired) electrons. The molecule has 0 aliphatic carbocycles. The van der Waals surface area contributed by atoms with E-state index in [1.807, 2.05) is 51.0 Å². The summed E-state index contributed by atoms with van der Waals surface area (Å²) in [6, 6.07) is 10.3. The van der Waals surface area contributed by atoms with E-state index in [-0.39, 0.29) is 11.1 Å². The lowest BCUT2D eigenvalue weighted by Crippen LogP contribution is -2.46. The zero-order valence-electron chi connectivity index (χ0n) is 15.0. The Morgan fingerprint density at radius 3 is 2.60 bits per heavy atom. The van der Waals surface area contributed by atoms with Gasteiger partial charge in [0.25, 0.3) is 0 Å². The van der Waals surface area contributed by atoms with Crippen molar-refractivity contribution in [2.24, 2.45) is 0 Å². The second-order valence-corrected chi connectivity index (χ2v) is 6.76. The second kappa shape index (κ2) is 6.58. The Labute approximate surface area is 147 Å². The highest BCUT2D eigenvalue weighted by Gasteiger charge is 2.49. The number of hydrogen-bond acceptors (Lipinski definition) is 4. The molecule has 0 bridgehead atoms. The monoisotopic (exact) mass is 342 g/mol. The molecule has 5 heteroatoms. The normalized spacial score (nSPS) is 19.2. The molecule has 132 valence electrons. The number of ether oxygens (including phenoxy) is 1. The van der Waals surface area contributed by atoms with Gasteiger partial charge in [-0.15, -0.1) is 0 Å². The molecule has 1 heterocycles. The minimum Gasteiger partial charge on any atom is -0.431 e. The minimum atomic E-state index is -1.30. The summed E-state index contributed by atoms with van der Waals surface area (Å²) in [5.74, 6) is -0.955. The third-order valence-electron chi connectivity index (χ3n) is 4.68. The number of cyclic esters (lactones) is 1. The molecule has 0 spiro atoms. The Bertz CT molecular complexity index is 819. The molecule has 0 aromatic heterocycles. The summed E-state index contributed by atoms with van der Waals surface area (Å²) in [7, 11) is 3.92. The van der Waals surface area contributed by atoms with Crippen LogP contribution in [-0.2, 0) is 10.5 Å². The first-order valence-corrected chi connectivity index (χ1v) is 8.35. The Morgan fingerprint density at radius 1 is 1.16 bits per heavy atom. The summed E-state index contributed by atoms with van der Waals surface area (Å²) in [6.07, 6.45) is 0. The third-order valence-corrected chi connectivity index (χ3v) is 4.68. The fraction of sp³-hybridized carbons (Fsp3) is 0.350. The van der Waals surface area contributed by atoms with Crippen LogP contribution in [0, 0.1) is 19.7 Å². The van der Waals surface area contributed by atoms with Crippen LogP contribution in [0.1, 0.15) is 32.6 Å². The van der Waals surface area contributed by atoms with Crippen LogP contribution in [0.4, 0.5) is 4.39 Å². The smallest absolute Gasteiger partial charge is 0.341 e. The number of carbonyl (C=O) groups excluding carboxylic acids is 1. The summed E-state index contributed by atoms with van der Waals surface area (Å²) in [4.78, 5) is 14.4. The second-order valence-electron chi connectivity index (χ2n) is 6.76. The van der Waals surface area contributed by atoms with Gasteiger partial charge in [-0.2, -0.15) is 0 Å². The first kappa shape index (κ1) is 17.6. The van der Waals surface area contributed by atoms with E-state index in [4.69, 9.17) is 4.74 Å². The molecule has 0 saturated heterocycles. The van der Waals surface area contributed by atoms with Gasteiger partial charge in [0.15, 0.2) is 0 Å². The molecular formula is C20H23FN2O2. The Kier molecular flexibility index (Phi) is 4.62. The van der Waals surface area contributed by atoms with Crippen LogP contribution in [0.5, 0.6) is 0 Å². The highest BCUT2D eigenvalue weighted by atomic mass is 19.1. The predicted molar refractivity (Wildman–Crippen MR) is 95.1 cm³/mol. The van der Waals surface area contributed by atoms with Crippen LogP contribution in [0.15, 0.2) is 36.4 Å². The van der Waals surface area contributed by atoms with E-state index in [1.54, 1.807) is 6.07 Å². The summed E-state index contributed by atoms with van der Waals surface area (Å²) >= 11 is 0. The molecule has 0 saturated carbocycles. The van der Waals surface area contributed by atoms with E-state index in [0.29, 0.717) is 6.54 Å². The van der Waals surface area contributed by atoms with Gasteiger partial charge in [-0.3, -0.25) is 5.32 Å². The molecule has 1 aliphatic heterocycles. The lowest BCUT2D eigenvalue weighted by molar-refractivity contribution is -0.00641. The molecule has 2 aromatic carbocycles. The predicted octanol–water partition coefficient (Wildman–Crippen LogP) is 2.97. The molecule has 3 rings (SSSR count). The molecule has 1 atom stereocenters. The van der Waals surface area contributed by atoms with Crippen molar-refractivity contribution in [2.75, 3.05) is 27.2 Å². The van der Waals surface area contributed by atoms with Crippen molar-refractivity contribution in [1.29, 1.82) is 0 Å². The SMILES string of the molecule is Cc1ccc([C@@]2(NCCN(C)C)OC(=O)c3cccc(F)c32)cc1C. The van der Waals surface area contributed by atoms with Crippen molar-refractivity contribution < 1.29 is 13.9 Å². The van der Waals surface area contributed by atoms with Gasteiger partial charge in [-0.05, 0) is 51.2 Å². The lowest BCUT2D eigenvalue weighted by atomic mass is 9.90. The van der Waals surface area contributed by atoms with Gasteiger partial charge in [0.2, 0.25) is 5.72 Å². The molecule has 0 fully saturated rings. The summed E-state index contributed by atoms with van der Waals surface area (Å²) in [5.41, 5.74) is 2.16. The minimum absolute atomic E-state index is 0.266. The molecular weight excluding hydrogens is 319 g/mol. The van der Waals surface area contributed by atoms with Crippen LogP contribution in [0.25, 0.3) is 0 Å². The molecule has 0 amide bonds. The maximum atomic E-state index is 14.7. The summed E-state index contributed by atoms with van der Waals surface area (Å²) in [6.45, 7) is 5.28. The van der Waals surface area contributed by atoms with Crippen LogP contribution in [0.3, 0.4) is 0 Å². The first-order chi connectivity index (χ1) is 11.8. The van der Waals surface area contributed by atoms with Crippen molar-refractivity contribution in [2.45, 2.75) is 19.6 Å². The van der Waals surface area contributed by atoms with E-state index < -0.39 is 17.5 Å². The van der Waals surface area contributed by atoms with Gasteiger partial charge in [-0.1, -0.05) is 24.3 Å². The number of fused-ring (bicyclic) bond motifs is 1. The molecule has 25 heavy (non-hydrogen) atoms. The van der Waals surface area contributed by atoms with Crippen molar-refractivity contribution in [1.82, 2.24) is 10.2 Å². The fourth-order valence-corrected chi connectivity index (χ4v) is 3.14. The van der Waals surface area contributed by atoms with E-state index >= 15 is 0 Å². The van der Waals surface area contributed by atoms with E-state index in [2.05, 4.69) is 5.32 Å². The van der Waals surface area contributed by atoms with Crippen LogP contribution < -0.4 is 5.32 Å². The number of hydrogen-bond donors (Lipinski definition) is 1. The molecule has 4 nitrogen and oxygen atoms in total. The fourth-order valence-electron chi connectivity index (χ4n) is 3.14. The first-order valence-electron chi connectivity index (χ1n) is 8.35. The summed E-state index contributed by atoms with van der Waals surface area (Å²) in [5, 5.41) is 3.29. The van der Waals surface area contributed by atoms with Gasteiger partial charge in [0, 0.05) is 18.7 Å². The number of halogens is 1. The van der Waals surface area contributed by atoms with Crippen LogP contribution in [-0.4, -0.2) is 38.1 Å². The van der Waals surface area contributed by atoms with Gasteiger partial charge in [0.1, 0.15) is 5.82 Å².